The van der Waals surface area contributed by atoms with Crippen LogP contribution in [0.15, 0.2) is 24.3 Å². The molecular weight excluding hydrogens is 342 g/mol. The molecule has 2 saturated heterocycles. The average Bonchev–Trinajstić information content (AvgIpc) is 3.19. The van der Waals surface area contributed by atoms with E-state index in [4.69, 9.17) is 0 Å². The SMILES string of the molecule is O=C1[C@H]2Cc3c([nH]c4ccccc34)CN2C(=O)N1[C@@H]1CCS(=O)(=O)C1. The number of para-hydroxylation sites is 1. The Balaban J connectivity index is 1.51. The topological polar surface area (TPSA) is 90.6 Å². The van der Waals surface area contributed by atoms with Gasteiger partial charge in [0, 0.05) is 23.0 Å². The van der Waals surface area contributed by atoms with Crippen LogP contribution in [0.3, 0.4) is 0 Å². The molecule has 130 valence electrons. The zero-order valence-electron chi connectivity index (χ0n) is 13.4. The van der Waals surface area contributed by atoms with Crippen LogP contribution in [0, 0.1) is 0 Å². The minimum absolute atomic E-state index is 0.0447. The van der Waals surface area contributed by atoms with Gasteiger partial charge in [-0.2, -0.15) is 0 Å². The molecule has 0 saturated carbocycles. The smallest absolute Gasteiger partial charge is 0.328 e. The van der Waals surface area contributed by atoms with E-state index in [1.54, 1.807) is 4.90 Å². The van der Waals surface area contributed by atoms with Gasteiger partial charge >= 0.3 is 6.03 Å². The number of nitrogens with one attached hydrogen (secondary N) is 1. The second-order valence-corrected chi connectivity index (χ2v) is 9.25. The molecule has 1 aromatic carbocycles. The Bertz CT molecular complexity index is 1030. The maximum atomic E-state index is 12.9. The number of benzene rings is 1. The van der Waals surface area contributed by atoms with Crippen molar-refractivity contribution in [1.29, 1.82) is 0 Å². The van der Waals surface area contributed by atoms with E-state index in [0.29, 0.717) is 19.4 Å². The van der Waals surface area contributed by atoms with Gasteiger partial charge < -0.3 is 9.88 Å². The summed E-state index contributed by atoms with van der Waals surface area (Å²) >= 11 is 0. The average molecular weight is 359 g/mol. The van der Waals surface area contributed by atoms with Crippen molar-refractivity contribution in [1.82, 2.24) is 14.8 Å². The number of aromatic amines is 1. The van der Waals surface area contributed by atoms with Gasteiger partial charge in [0.25, 0.3) is 5.91 Å². The van der Waals surface area contributed by atoms with Crippen molar-refractivity contribution in [2.24, 2.45) is 0 Å². The van der Waals surface area contributed by atoms with Gasteiger partial charge in [0.05, 0.1) is 24.1 Å². The number of urea groups is 1. The zero-order chi connectivity index (χ0) is 17.3. The van der Waals surface area contributed by atoms with Crippen LogP contribution in [0.25, 0.3) is 10.9 Å². The third-order valence-corrected chi connectivity index (χ3v) is 7.30. The summed E-state index contributed by atoms with van der Waals surface area (Å²) in [7, 11) is -3.15. The fraction of sp³-hybridized carbons (Fsp3) is 0.412. The Morgan fingerprint density at radius 1 is 1.16 bits per heavy atom. The Labute approximate surface area is 144 Å². The van der Waals surface area contributed by atoms with Gasteiger partial charge in [-0.25, -0.2) is 13.2 Å². The number of carbonyl (C=O) groups excluding carboxylic acids is 2. The lowest BCUT2D eigenvalue weighted by Gasteiger charge is -2.27. The summed E-state index contributed by atoms with van der Waals surface area (Å²) in [4.78, 5) is 31.8. The molecular formula is C17H17N3O4S. The molecule has 0 unspecified atom stereocenters. The van der Waals surface area contributed by atoms with E-state index in [9.17, 15) is 18.0 Å². The normalized spacial score (nSPS) is 27.8. The monoisotopic (exact) mass is 359 g/mol. The first-order chi connectivity index (χ1) is 11.9. The van der Waals surface area contributed by atoms with E-state index in [-0.39, 0.29) is 23.4 Å². The van der Waals surface area contributed by atoms with Gasteiger partial charge in [-0.3, -0.25) is 9.69 Å². The van der Waals surface area contributed by atoms with E-state index >= 15 is 0 Å². The minimum Gasteiger partial charge on any atom is -0.357 e. The van der Waals surface area contributed by atoms with Crippen molar-refractivity contribution in [2.75, 3.05) is 11.5 Å². The minimum atomic E-state index is -3.15. The Hall–Kier alpha value is -2.35. The fourth-order valence-corrected chi connectivity index (χ4v) is 6.04. The van der Waals surface area contributed by atoms with Gasteiger partial charge in [0.1, 0.15) is 6.04 Å². The van der Waals surface area contributed by atoms with E-state index < -0.39 is 21.9 Å². The van der Waals surface area contributed by atoms with Gasteiger partial charge in [-0.15, -0.1) is 0 Å². The molecule has 0 aliphatic carbocycles. The van der Waals surface area contributed by atoms with Crippen molar-refractivity contribution in [3.05, 3.63) is 35.5 Å². The number of carbonyl (C=O) groups is 2. The summed E-state index contributed by atoms with van der Waals surface area (Å²) in [5, 5.41) is 1.08. The van der Waals surface area contributed by atoms with Crippen molar-refractivity contribution < 1.29 is 18.0 Å². The molecule has 1 N–H and O–H groups in total. The van der Waals surface area contributed by atoms with Gasteiger partial charge in [-0.05, 0) is 18.1 Å². The number of hydrogen-bond acceptors (Lipinski definition) is 4. The molecule has 3 aliphatic heterocycles. The van der Waals surface area contributed by atoms with Crippen molar-refractivity contribution >= 4 is 32.7 Å². The Kier molecular flexibility index (Phi) is 2.90. The number of aromatic nitrogens is 1. The highest BCUT2D eigenvalue weighted by Gasteiger charge is 2.52. The molecule has 3 amide bonds. The fourth-order valence-electron chi connectivity index (χ4n) is 4.34. The third-order valence-electron chi connectivity index (χ3n) is 5.55. The summed E-state index contributed by atoms with van der Waals surface area (Å²) in [5.41, 5.74) is 3.05. The summed E-state index contributed by atoms with van der Waals surface area (Å²) in [6.45, 7) is 0.356. The molecule has 2 aromatic rings. The highest BCUT2D eigenvalue weighted by Crippen LogP contribution is 2.36. The quantitative estimate of drug-likeness (QED) is 0.771. The molecule has 25 heavy (non-hydrogen) atoms. The van der Waals surface area contributed by atoms with Crippen LogP contribution in [-0.2, 0) is 27.6 Å². The first-order valence-corrected chi connectivity index (χ1v) is 10.2. The van der Waals surface area contributed by atoms with E-state index in [1.807, 2.05) is 24.3 Å². The maximum absolute atomic E-state index is 12.9. The maximum Gasteiger partial charge on any atom is 0.328 e. The molecule has 4 heterocycles. The van der Waals surface area contributed by atoms with Gasteiger partial charge in [0.2, 0.25) is 0 Å². The lowest BCUT2D eigenvalue weighted by atomic mass is 9.97. The predicted octanol–water partition coefficient (Wildman–Crippen LogP) is 1.04. The lowest BCUT2D eigenvalue weighted by molar-refractivity contribution is -0.129. The predicted molar refractivity (Wildman–Crippen MR) is 90.6 cm³/mol. The number of H-pyrrole nitrogens is 1. The molecule has 5 rings (SSSR count). The second kappa shape index (κ2) is 4.85. The number of sulfone groups is 1. The number of fused-ring (bicyclic) bond motifs is 4. The molecule has 0 spiro atoms. The van der Waals surface area contributed by atoms with Crippen LogP contribution in [0.4, 0.5) is 4.79 Å². The van der Waals surface area contributed by atoms with E-state index in [0.717, 1.165) is 22.2 Å². The number of nitrogens with zero attached hydrogens (tertiary/aromatic N) is 2. The Morgan fingerprint density at radius 2 is 1.96 bits per heavy atom. The second-order valence-electron chi connectivity index (χ2n) is 7.02. The van der Waals surface area contributed by atoms with Crippen LogP contribution < -0.4 is 0 Å². The summed E-state index contributed by atoms with van der Waals surface area (Å²) in [5.74, 6) is -0.328. The highest BCUT2D eigenvalue weighted by molar-refractivity contribution is 7.91. The number of rotatable bonds is 1. The molecule has 0 bridgehead atoms. The Morgan fingerprint density at radius 3 is 2.72 bits per heavy atom. The molecule has 8 heteroatoms. The summed E-state index contributed by atoms with van der Waals surface area (Å²) in [6, 6.07) is 6.50. The molecule has 2 atom stereocenters. The highest BCUT2D eigenvalue weighted by atomic mass is 32.2. The van der Waals surface area contributed by atoms with Crippen molar-refractivity contribution in [3.63, 3.8) is 0 Å². The summed E-state index contributed by atoms with van der Waals surface area (Å²) in [6.07, 6.45) is 0.814. The van der Waals surface area contributed by atoms with Crippen molar-refractivity contribution in [3.8, 4) is 0 Å². The molecule has 2 fully saturated rings. The van der Waals surface area contributed by atoms with Crippen LogP contribution in [0.1, 0.15) is 17.7 Å². The number of imide groups is 1. The van der Waals surface area contributed by atoms with Gasteiger partial charge in [0.15, 0.2) is 9.84 Å². The standard InChI is InChI=1S/C17H17N3O4S/c21-16-15-7-12-11-3-1-2-4-13(11)18-14(12)8-19(15)17(22)20(16)10-5-6-25(23,24)9-10/h1-4,10,15,18H,5-9H2/t10-,15-/m1/s1. The van der Waals surface area contributed by atoms with Crippen molar-refractivity contribution in [2.45, 2.75) is 31.5 Å². The summed E-state index contributed by atoms with van der Waals surface area (Å²) < 4.78 is 23.5. The molecule has 3 aliphatic rings. The van der Waals surface area contributed by atoms with Crippen LogP contribution in [0.2, 0.25) is 0 Å². The number of hydrogen-bond donors (Lipinski definition) is 1. The van der Waals surface area contributed by atoms with E-state index in [1.165, 1.54) is 4.90 Å². The first-order valence-electron chi connectivity index (χ1n) is 8.37. The largest absolute Gasteiger partial charge is 0.357 e. The molecule has 7 nitrogen and oxygen atoms in total. The lowest BCUT2D eigenvalue weighted by Crippen LogP contribution is -2.41. The van der Waals surface area contributed by atoms with Gasteiger partial charge in [-0.1, -0.05) is 18.2 Å². The van der Waals surface area contributed by atoms with E-state index in [2.05, 4.69) is 4.98 Å². The first kappa shape index (κ1) is 14.9. The molecule has 0 radical (unpaired) electrons. The van der Waals surface area contributed by atoms with Crippen LogP contribution in [-0.4, -0.2) is 58.7 Å². The van der Waals surface area contributed by atoms with Crippen LogP contribution in [0.5, 0.6) is 0 Å². The zero-order valence-corrected chi connectivity index (χ0v) is 14.3. The molecule has 1 aromatic heterocycles. The third kappa shape index (κ3) is 2.06. The van der Waals surface area contributed by atoms with Crippen LogP contribution >= 0.6 is 0 Å². The number of amides is 3.